The van der Waals surface area contributed by atoms with Crippen LogP contribution in [0.15, 0.2) is 66.7 Å². The van der Waals surface area contributed by atoms with Gasteiger partial charge in [-0.1, -0.05) is 54.6 Å². The van der Waals surface area contributed by atoms with Crippen molar-refractivity contribution >= 4 is 10.8 Å². The number of benzene rings is 3. The molecule has 0 saturated carbocycles. The second-order valence-electron chi connectivity index (χ2n) is 4.53. The van der Waals surface area contributed by atoms with Gasteiger partial charge >= 0.3 is 0 Å². The number of rotatable bonds is 2. The lowest BCUT2D eigenvalue weighted by Crippen LogP contribution is -2.00. The molecule has 1 atom stereocenters. The van der Waals surface area contributed by atoms with E-state index in [0.29, 0.717) is 5.56 Å². The van der Waals surface area contributed by atoms with Gasteiger partial charge in [0.1, 0.15) is 11.9 Å². The van der Waals surface area contributed by atoms with Gasteiger partial charge in [-0.3, -0.25) is 0 Å². The molecule has 19 heavy (non-hydrogen) atoms. The Kier molecular flexibility index (Phi) is 3.02. The summed E-state index contributed by atoms with van der Waals surface area (Å²) in [4.78, 5) is 0. The van der Waals surface area contributed by atoms with Crippen molar-refractivity contribution in [3.8, 4) is 0 Å². The van der Waals surface area contributed by atoms with Crippen LogP contribution in [0.5, 0.6) is 0 Å². The van der Waals surface area contributed by atoms with Crippen molar-refractivity contribution in [2.45, 2.75) is 6.10 Å². The Morgan fingerprint density at radius 3 is 2.42 bits per heavy atom. The molecule has 3 aromatic rings. The molecule has 3 rings (SSSR count). The summed E-state index contributed by atoms with van der Waals surface area (Å²) in [6.45, 7) is 0. The Morgan fingerprint density at radius 1 is 0.842 bits per heavy atom. The number of halogens is 1. The van der Waals surface area contributed by atoms with E-state index in [2.05, 4.69) is 0 Å². The highest BCUT2D eigenvalue weighted by Gasteiger charge is 2.13. The van der Waals surface area contributed by atoms with Gasteiger partial charge in [-0.25, -0.2) is 4.39 Å². The van der Waals surface area contributed by atoms with Crippen LogP contribution in [0, 0.1) is 5.82 Å². The molecule has 0 heterocycles. The molecule has 0 aliphatic rings. The zero-order valence-electron chi connectivity index (χ0n) is 10.3. The molecule has 2 heteroatoms. The highest BCUT2D eigenvalue weighted by Crippen LogP contribution is 2.28. The summed E-state index contributed by atoms with van der Waals surface area (Å²) in [6.07, 6.45) is -0.818. The first-order valence-corrected chi connectivity index (χ1v) is 6.17. The van der Waals surface area contributed by atoms with Crippen LogP contribution in [0.3, 0.4) is 0 Å². The van der Waals surface area contributed by atoms with Crippen LogP contribution in [-0.2, 0) is 0 Å². The van der Waals surface area contributed by atoms with Crippen LogP contribution < -0.4 is 0 Å². The molecular weight excluding hydrogens is 239 g/mol. The predicted octanol–water partition coefficient (Wildman–Crippen LogP) is 4.06. The molecule has 0 spiro atoms. The minimum absolute atomic E-state index is 0.336. The maximum absolute atomic E-state index is 13.2. The maximum atomic E-state index is 13.2. The number of aliphatic hydroxyl groups excluding tert-OH is 1. The molecule has 1 nitrogen and oxygen atoms in total. The molecule has 94 valence electrons. The van der Waals surface area contributed by atoms with Crippen LogP contribution in [0.4, 0.5) is 4.39 Å². The van der Waals surface area contributed by atoms with Gasteiger partial charge in [0.05, 0.1) is 0 Å². The zero-order valence-corrected chi connectivity index (χ0v) is 10.3. The number of fused-ring (bicyclic) bond motifs is 1. The van der Waals surface area contributed by atoms with Crippen molar-refractivity contribution in [2.24, 2.45) is 0 Å². The number of hydrogen-bond donors (Lipinski definition) is 1. The third-order valence-electron chi connectivity index (χ3n) is 3.28. The van der Waals surface area contributed by atoms with Gasteiger partial charge in [-0.15, -0.1) is 0 Å². The van der Waals surface area contributed by atoms with Crippen LogP contribution in [0.25, 0.3) is 10.8 Å². The molecule has 0 aliphatic heterocycles. The molecule has 0 fully saturated rings. The Morgan fingerprint density at radius 2 is 1.58 bits per heavy atom. The summed E-state index contributed by atoms with van der Waals surface area (Å²) in [5.41, 5.74) is 1.36. The SMILES string of the molecule is OC(c1cccc(F)c1)c1cccc2ccccc12. The topological polar surface area (TPSA) is 20.2 Å². The van der Waals surface area contributed by atoms with E-state index in [4.69, 9.17) is 0 Å². The van der Waals surface area contributed by atoms with Crippen molar-refractivity contribution in [3.63, 3.8) is 0 Å². The molecule has 0 aliphatic carbocycles. The number of aliphatic hydroxyl groups is 1. The third kappa shape index (κ3) is 2.23. The average molecular weight is 252 g/mol. The van der Waals surface area contributed by atoms with Gasteiger partial charge in [0.25, 0.3) is 0 Å². The summed E-state index contributed by atoms with van der Waals surface area (Å²) >= 11 is 0. The summed E-state index contributed by atoms with van der Waals surface area (Å²) in [5, 5.41) is 12.5. The molecular formula is C17H13FO. The molecule has 0 aromatic heterocycles. The third-order valence-corrected chi connectivity index (χ3v) is 3.28. The van der Waals surface area contributed by atoms with Gasteiger partial charge in [0.15, 0.2) is 0 Å². The smallest absolute Gasteiger partial charge is 0.123 e. The first-order valence-electron chi connectivity index (χ1n) is 6.17. The molecule has 3 aromatic carbocycles. The van der Waals surface area contributed by atoms with Crippen molar-refractivity contribution in [2.75, 3.05) is 0 Å². The Hall–Kier alpha value is -2.19. The lowest BCUT2D eigenvalue weighted by Gasteiger charge is -2.14. The monoisotopic (exact) mass is 252 g/mol. The van der Waals surface area contributed by atoms with E-state index in [9.17, 15) is 9.50 Å². The average Bonchev–Trinajstić information content (AvgIpc) is 2.46. The van der Waals surface area contributed by atoms with Crippen molar-refractivity contribution in [1.29, 1.82) is 0 Å². The number of hydrogen-bond acceptors (Lipinski definition) is 1. The van der Waals surface area contributed by atoms with Crippen molar-refractivity contribution in [1.82, 2.24) is 0 Å². The Balaban J connectivity index is 2.14. The van der Waals surface area contributed by atoms with E-state index >= 15 is 0 Å². The lowest BCUT2D eigenvalue weighted by atomic mass is 9.96. The fourth-order valence-corrected chi connectivity index (χ4v) is 2.35. The van der Waals surface area contributed by atoms with Crippen LogP contribution in [0.2, 0.25) is 0 Å². The first-order chi connectivity index (χ1) is 9.25. The molecule has 0 saturated heterocycles. The summed E-state index contributed by atoms with van der Waals surface area (Å²) in [5.74, 6) is -0.336. The molecule has 1 N–H and O–H groups in total. The van der Waals surface area contributed by atoms with E-state index in [1.54, 1.807) is 12.1 Å². The van der Waals surface area contributed by atoms with Gasteiger partial charge in [-0.05, 0) is 34.0 Å². The second kappa shape index (κ2) is 4.82. The van der Waals surface area contributed by atoms with E-state index in [-0.39, 0.29) is 5.82 Å². The maximum Gasteiger partial charge on any atom is 0.123 e. The van der Waals surface area contributed by atoms with E-state index in [0.717, 1.165) is 16.3 Å². The Bertz CT molecular complexity index is 716. The highest BCUT2D eigenvalue weighted by atomic mass is 19.1. The zero-order chi connectivity index (χ0) is 13.2. The second-order valence-corrected chi connectivity index (χ2v) is 4.53. The normalized spacial score (nSPS) is 12.5. The van der Waals surface area contributed by atoms with Gasteiger partial charge in [0, 0.05) is 0 Å². The molecule has 0 amide bonds. The minimum atomic E-state index is -0.818. The fourth-order valence-electron chi connectivity index (χ4n) is 2.35. The van der Waals surface area contributed by atoms with Crippen LogP contribution in [0.1, 0.15) is 17.2 Å². The molecule has 0 bridgehead atoms. The van der Waals surface area contributed by atoms with Crippen molar-refractivity contribution < 1.29 is 9.50 Å². The molecule has 1 unspecified atom stereocenters. The van der Waals surface area contributed by atoms with Crippen LogP contribution >= 0.6 is 0 Å². The van der Waals surface area contributed by atoms with E-state index in [1.165, 1.54) is 12.1 Å². The Labute approximate surface area is 110 Å². The van der Waals surface area contributed by atoms with Crippen LogP contribution in [-0.4, -0.2) is 5.11 Å². The van der Waals surface area contributed by atoms with E-state index in [1.807, 2.05) is 42.5 Å². The standard InChI is InChI=1S/C17H13FO/c18-14-8-3-7-13(11-14)17(19)16-10-4-6-12-5-1-2-9-15(12)16/h1-11,17,19H. The lowest BCUT2D eigenvalue weighted by molar-refractivity contribution is 0.221. The summed E-state index contributed by atoms with van der Waals surface area (Å²) < 4.78 is 13.2. The van der Waals surface area contributed by atoms with Gasteiger partial charge in [0.2, 0.25) is 0 Å². The quantitative estimate of drug-likeness (QED) is 0.729. The minimum Gasteiger partial charge on any atom is -0.384 e. The van der Waals surface area contributed by atoms with E-state index < -0.39 is 6.10 Å². The van der Waals surface area contributed by atoms with Crippen molar-refractivity contribution in [3.05, 3.63) is 83.7 Å². The first kappa shape index (κ1) is 11.9. The predicted molar refractivity (Wildman–Crippen MR) is 74.4 cm³/mol. The van der Waals surface area contributed by atoms with Gasteiger partial charge in [-0.2, -0.15) is 0 Å². The van der Waals surface area contributed by atoms with Gasteiger partial charge < -0.3 is 5.11 Å². The highest BCUT2D eigenvalue weighted by molar-refractivity contribution is 5.86. The summed E-state index contributed by atoms with van der Waals surface area (Å²) in [7, 11) is 0. The fraction of sp³-hybridized carbons (Fsp3) is 0.0588. The molecule has 0 radical (unpaired) electrons. The summed E-state index contributed by atoms with van der Waals surface area (Å²) in [6, 6.07) is 19.7. The largest absolute Gasteiger partial charge is 0.384 e.